The third-order valence-corrected chi connectivity index (χ3v) is 7.65. The van der Waals surface area contributed by atoms with Crippen molar-refractivity contribution in [2.24, 2.45) is 21.2 Å². The van der Waals surface area contributed by atoms with Gasteiger partial charge < -0.3 is 11.1 Å². The highest BCUT2D eigenvalue weighted by Gasteiger charge is 2.20. The van der Waals surface area contributed by atoms with E-state index < -0.39 is 5.91 Å². The van der Waals surface area contributed by atoms with E-state index in [0.717, 1.165) is 29.7 Å². The van der Waals surface area contributed by atoms with Crippen LogP contribution in [0, 0.1) is 0 Å². The van der Waals surface area contributed by atoms with Crippen LogP contribution in [0.1, 0.15) is 65.7 Å². The number of rotatable bonds is 8. The predicted molar refractivity (Wildman–Crippen MR) is 169 cm³/mol. The van der Waals surface area contributed by atoms with Gasteiger partial charge in [-0.15, -0.1) is 0 Å². The van der Waals surface area contributed by atoms with Gasteiger partial charge in [-0.25, -0.2) is 4.79 Å². The standard InChI is InChI=1S/C31H33Cl2N7O2/c1-20(25-14-17-27(32)28(33)18-25)36-31(42)40(26-15-12-23(13-16-26)22-6-4-3-5-7-22)19-21-8-10-24(11-9-21)29(41)37-30(34)38-39-35-2/h6,8-18,20H,3-5,7,19H2,1-2H3,(H,36,42)(H3,34,35,37,38,41). The van der Waals surface area contributed by atoms with Crippen LogP contribution in [0.3, 0.4) is 0 Å². The lowest BCUT2D eigenvalue weighted by Crippen LogP contribution is -2.41. The van der Waals surface area contributed by atoms with Crippen molar-refractivity contribution < 1.29 is 9.59 Å². The molecule has 0 aliphatic heterocycles. The van der Waals surface area contributed by atoms with Gasteiger partial charge in [-0.1, -0.05) is 64.7 Å². The first kappa shape index (κ1) is 30.7. The van der Waals surface area contributed by atoms with E-state index in [-0.39, 0.29) is 24.6 Å². The fourth-order valence-electron chi connectivity index (χ4n) is 4.61. The summed E-state index contributed by atoms with van der Waals surface area (Å²) in [6, 6.07) is 19.6. The number of carbonyl (C=O) groups is 2. The number of benzene rings is 3. The number of amides is 3. The third kappa shape index (κ3) is 8.18. The zero-order valence-corrected chi connectivity index (χ0v) is 25.0. The van der Waals surface area contributed by atoms with E-state index in [1.165, 1.54) is 31.0 Å². The number of nitrogens with two attached hydrogens (primary N) is 1. The lowest BCUT2D eigenvalue weighted by atomic mass is 9.93. The number of nitrogens with zero attached hydrogens (tertiary/aromatic N) is 4. The Labute approximate surface area is 255 Å². The SMILES string of the molecule is CN=NN=C(N)NC(=O)c1ccc(CN(C(=O)NC(C)c2ccc(Cl)c(Cl)c2)c2ccc(C3=CCCCC3)cc2)cc1. The van der Waals surface area contributed by atoms with E-state index in [1.807, 2.05) is 25.1 Å². The van der Waals surface area contributed by atoms with Gasteiger partial charge in [-0.2, -0.15) is 5.11 Å². The van der Waals surface area contributed by atoms with Crippen LogP contribution in [-0.2, 0) is 6.54 Å². The monoisotopic (exact) mass is 605 g/mol. The normalized spacial score (nSPS) is 14.3. The van der Waals surface area contributed by atoms with E-state index in [0.29, 0.717) is 15.6 Å². The molecular formula is C31H33Cl2N7O2. The fourth-order valence-corrected chi connectivity index (χ4v) is 4.92. The summed E-state index contributed by atoms with van der Waals surface area (Å²) in [4.78, 5) is 27.9. The first-order valence-corrected chi connectivity index (χ1v) is 14.4. The summed E-state index contributed by atoms with van der Waals surface area (Å²) in [6.45, 7) is 2.16. The molecule has 0 radical (unpaired) electrons. The number of urea groups is 1. The Morgan fingerprint density at radius 3 is 2.38 bits per heavy atom. The molecule has 0 saturated heterocycles. The van der Waals surface area contributed by atoms with Crippen molar-refractivity contribution in [1.82, 2.24) is 10.6 Å². The van der Waals surface area contributed by atoms with E-state index in [4.69, 9.17) is 28.9 Å². The van der Waals surface area contributed by atoms with Crippen LogP contribution < -0.4 is 21.3 Å². The van der Waals surface area contributed by atoms with Crippen molar-refractivity contribution in [1.29, 1.82) is 0 Å². The second kappa shape index (κ2) is 14.6. The largest absolute Gasteiger partial charge is 0.368 e. The molecule has 1 atom stereocenters. The number of hydrogen-bond donors (Lipinski definition) is 3. The molecule has 1 aliphatic carbocycles. The minimum atomic E-state index is -0.438. The van der Waals surface area contributed by atoms with Gasteiger partial charge in [0.15, 0.2) is 0 Å². The third-order valence-electron chi connectivity index (χ3n) is 6.91. The average Bonchev–Trinajstić information content (AvgIpc) is 3.01. The second-order valence-corrected chi connectivity index (χ2v) is 10.7. The fraction of sp³-hybridized carbons (Fsp3) is 0.258. The average molecular weight is 607 g/mol. The number of halogens is 2. The summed E-state index contributed by atoms with van der Waals surface area (Å²) in [5.74, 6) is -0.604. The van der Waals surface area contributed by atoms with Gasteiger partial charge in [0.1, 0.15) is 0 Å². The van der Waals surface area contributed by atoms with Gasteiger partial charge in [0.25, 0.3) is 5.91 Å². The molecule has 4 rings (SSSR count). The van der Waals surface area contributed by atoms with Crippen molar-refractivity contribution in [3.63, 3.8) is 0 Å². The van der Waals surface area contributed by atoms with Gasteiger partial charge >= 0.3 is 6.03 Å². The Balaban J connectivity index is 1.55. The molecular weight excluding hydrogens is 573 g/mol. The topological polar surface area (TPSA) is 125 Å². The highest BCUT2D eigenvalue weighted by molar-refractivity contribution is 6.42. The lowest BCUT2D eigenvalue weighted by molar-refractivity contribution is 0.0976. The Morgan fingerprint density at radius 2 is 1.74 bits per heavy atom. The van der Waals surface area contributed by atoms with E-state index in [2.05, 4.69) is 44.3 Å². The Kier molecular flexibility index (Phi) is 10.7. The minimum absolute atomic E-state index is 0.166. The predicted octanol–water partition coefficient (Wildman–Crippen LogP) is 7.47. The summed E-state index contributed by atoms with van der Waals surface area (Å²) in [5, 5.41) is 16.8. The van der Waals surface area contributed by atoms with Crippen LogP contribution in [-0.4, -0.2) is 24.9 Å². The van der Waals surface area contributed by atoms with Crippen LogP contribution in [0.5, 0.6) is 0 Å². The molecule has 4 N–H and O–H groups in total. The molecule has 0 spiro atoms. The molecule has 1 aliphatic rings. The number of carbonyl (C=O) groups excluding carboxylic acids is 2. The molecule has 3 aromatic carbocycles. The summed E-state index contributed by atoms with van der Waals surface area (Å²) in [5.41, 5.74) is 10.9. The second-order valence-electron chi connectivity index (χ2n) is 9.88. The van der Waals surface area contributed by atoms with Gasteiger partial charge in [0, 0.05) is 11.3 Å². The maximum absolute atomic E-state index is 13.7. The molecule has 0 fully saturated rings. The maximum Gasteiger partial charge on any atom is 0.322 e. The summed E-state index contributed by atoms with van der Waals surface area (Å²) in [7, 11) is 1.44. The highest BCUT2D eigenvalue weighted by Crippen LogP contribution is 2.29. The van der Waals surface area contributed by atoms with E-state index >= 15 is 0 Å². The Morgan fingerprint density at radius 1 is 1.00 bits per heavy atom. The van der Waals surface area contributed by atoms with Crippen molar-refractivity contribution in [3.8, 4) is 0 Å². The first-order valence-electron chi connectivity index (χ1n) is 13.6. The van der Waals surface area contributed by atoms with Gasteiger partial charge in [-0.05, 0) is 96.5 Å². The zero-order valence-electron chi connectivity index (χ0n) is 23.5. The van der Waals surface area contributed by atoms with Crippen LogP contribution in [0.4, 0.5) is 10.5 Å². The van der Waals surface area contributed by atoms with E-state index in [9.17, 15) is 9.59 Å². The maximum atomic E-state index is 13.7. The van der Waals surface area contributed by atoms with E-state index in [1.54, 1.807) is 41.3 Å². The van der Waals surface area contributed by atoms with Gasteiger partial charge in [0.05, 0.1) is 29.7 Å². The molecule has 11 heteroatoms. The van der Waals surface area contributed by atoms with Crippen molar-refractivity contribution in [2.45, 2.75) is 45.2 Å². The van der Waals surface area contributed by atoms with Crippen LogP contribution in [0.2, 0.25) is 10.0 Å². The summed E-state index contributed by atoms with van der Waals surface area (Å²) < 4.78 is 0. The number of allylic oxidation sites excluding steroid dienone is 2. The lowest BCUT2D eigenvalue weighted by Gasteiger charge is -2.26. The summed E-state index contributed by atoms with van der Waals surface area (Å²) >= 11 is 12.3. The number of anilines is 1. The molecule has 0 bridgehead atoms. The molecule has 9 nitrogen and oxygen atoms in total. The zero-order chi connectivity index (χ0) is 30.1. The highest BCUT2D eigenvalue weighted by atomic mass is 35.5. The van der Waals surface area contributed by atoms with Crippen molar-refractivity contribution >= 4 is 52.4 Å². The Bertz CT molecular complexity index is 1500. The van der Waals surface area contributed by atoms with Gasteiger partial charge in [0.2, 0.25) is 5.96 Å². The molecule has 3 aromatic rings. The molecule has 0 aromatic heterocycles. The minimum Gasteiger partial charge on any atom is -0.368 e. The number of nitrogens with one attached hydrogen (secondary N) is 2. The molecule has 1 unspecified atom stereocenters. The summed E-state index contributed by atoms with van der Waals surface area (Å²) in [6.07, 6.45) is 6.86. The molecule has 3 amide bonds. The smallest absolute Gasteiger partial charge is 0.322 e. The molecule has 0 heterocycles. The van der Waals surface area contributed by atoms with Crippen molar-refractivity contribution in [2.75, 3.05) is 11.9 Å². The first-order chi connectivity index (χ1) is 20.2. The van der Waals surface area contributed by atoms with Gasteiger partial charge in [-0.3, -0.25) is 15.0 Å². The number of guanidine groups is 1. The van der Waals surface area contributed by atoms with Crippen molar-refractivity contribution in [3.05, 3.63) is 105 Å². The van der Waals surface area contributed by atoms with Crippen LogP contribution in [0.15, 0.2) is 88.2 Å². The quantitative estimate of drug-likeness (QED) is 0.107. The van der Waals surface area contributed by atoms with Crippen LogP contribution >= 0.6 is 23.2 Å². The molecule has 42 heavy (non-hydrogen) atoms. The molecule has 0 saturated carbocycles. The number of hydrogen-bond acceptors (Lipinski definition) is 4. The van der Waals surface area contributed by atoms with Crippen LogP contribution in [0.25, 0.3) is 5.57 Å². The Hall–Kier alpha value is -4.21. The molecule has 218 valence electrons.